The molecule has 3 rings (SSSR count). The molecule has 0 saturated carbocycles. The van der Waals surface area contributed by atoms with Gasteiger partial charge in [0, 0.05) is 11.6 Å². The van der Waals surface area contributed by atoms with Crippen molar-refractivity contribution in [2.45, 2.75) is 33.2 Å². The van der Waals surface area contributed by atoms with Gasteiger partial charge in [-0.2, -0.15) is 5.26 Å². The highest BCUT2D eigenvalue weighted by Crippen LogP contribution is 2.42. The first-order valence-corrected chi connectivity index (χ1v) is 9.92. The SMILES string of the molecule is CCCOc1ccc(C2C(C(=O)C(C)C)=C(O)C(=O)N2c2ccc(C#N)cc2)cc1. The molecule has 0 radical (unpaired) electrons. The predicted molar refractivity (Wildman–Crippen MR) is 113 cm³/mol. The third kappa shape index (κ3) is 3.92. The molecule has 1 amide bonds. The van der Waals surface area contributed by atoms with E-state index in [1.54, 1.807) is 62.4 Å². The van der Waals surface area contributed by atoms with Crippen LogP contribution in [0.2, 0.25) is 0 Å². The Balaban J connectivity index is 2.08. The van der Waals surface area contributed by atoms with Crippen molar-refractivity contribution in [3.05, 3.63) is 71.0 Å². The number of nitriles is 1. The maximum absolute atomic E-state index is 13.0. The molecule has 1 aliphatic rings. The lowest BCUT2D eigenvalue weighted by atomic mass is 9.91. The minimum atomic E-state index is -0.763. The fourth-order valence-electron chi connectivity index (χ4n) is 3.41. The van der Waals surface area contributed by atoms with Crippen molar-refractivity contribution in [3.63, 3.8) is 0 Å². The summed E-state index contributed by atoms with van der Waals surface area (Å²) in [6.45, 7) is 6.08. The van der Waals surface area contributed by atoms with Crippen molar-refractivity contribution < 1.29 is 19.4 Å². The van der Waals surface area contributed by atoms with Crippen molar-refractivity contribution in [1.82, 2.24) is 0 Å². The van der Waals surface area contributed by atoms with Crippen LogP contribution in [0, 0.1) is 17.2 Å². The Morgan fingerprint density at radius 3 is 2.33 bits per heavy atom. The number of nitrogens with zero attached hydrogens (tertiary/aromatic N) is 2. The fourth-order valence-corrected chi connectivity index (χ4v) is 3.41. The summed E-state index contributed by atoms with van der Waals surface area (Å²) in [7, 11) is 0. The molecule has 154 valence electrons. The summed E-state index contributed by atoms with van der Waals surface area (Å²) in [5.41, 5.74) is 1.72. The number of benzene rings is 2. The first-order chi connectivity index (χ1) is 14.4. The molecular weight excluding hydrogens is 380 g/mol. The number of aliphatic hydroxyl groups is 1. The number of ketones is 1. The van der Waals surface area contributed by atoms with E-state index in [4.69, 9.17) is 10.00 Å². The number of carbonyl (C=O) groups excluding carboxylic acids is 2. The van der Waals surface area contributed by atoms with Crippen LogP contribution in [0.4, 0.5) is 5.69 Å². The van der Waals surface area contributed by atoms with Crippen LogP contribution in [0.1, 0.15) is 44.4 Å². The number of Topliss-reactive ketones (excluding diaryl/α,β-unsaturated/α-hetero) is 1. The van der Waals surface area contributed by atoms with Gasteiger partial charge < -0.3 is 9.84 Å². The molecule has 1 unspecified atom stereocenters. The molecule has 0 saturated heterocycles. The van der Waals surface area contributed by atoms with Gasteiger partial charge in [-0.1, -0.05) is 32.9 Å². The van der Waals surface area contributed by atoms with Gasteiger partial charge in [0.2, 0.25) is 0 Å². The van der Waals surface area contributed by atoms with E-state index in [9.17, 15) is 14.7 Å². The largest absolute Gasteiger partial charge is 0.503 e. The maximum Gasteiger partial charge on any atom is 0.294 e. The Labute approximate surface area is 176 Å². The molecule has 0 aliphatic carbocycles. The van der Waals surface area contributed by atoms with Crippen LogP contribution in [0.15, 0.2) is 59.9 Å². The lowest BCUT2D eigenvalue weighted by Gasteiger charge is -2.27. The second-order valence-corrected chi connectivity index (χ2v) is 7.44. The van der Waals surface area contributed by atoms with E-state index in [-0.39, 0.29) is 17.3 Å². The van der Waals surface area contributed by atoms with Gasteiger partial charge in [0.25, 0.3) is 5.91 Å². The van der Waals surface area contributed by atoms with Gasteiger partial charge in [-0.15, -0.1) is 0 Å². The lowest BCUT2D eigenvalue weighted by molar-refractivity contribution is -0.119. The molecule has 2 aromatic carbocycles. The summed E-state index contributed by atoms with van der Waals surface area (Å²) >= 11 is 0. The smallest absolute Gasteiger partial charge is 0.294 e. The van der Waals surface area contributed by atoms with Crippen LogP contribution < -0.4 is 9.64 Å². The minimum Gasteiger partial charge on any atom is -0.503 e. The number of amides is 1. The highest BCUT2D eigenvalue weighted by atomic mass is 16.5. The molecule has 0 aromatic heterocycles. The average Bonchev–Trinajstić information content (AvgIpc) is 3.02. The Morgan fingerprint density at radius 2 is 1.80 bits per heavy atom. The van der Waals surface area contributed by atoms with Gasteiger partial charge >= 0.3 is 0 Å². The summed E-state index contributed by atoms with van der Waals surface area (Å²) < 4.78 is 5.63. The Morgan fingerprint density at radius 1 is 1.17 bits per heavy atom. The monoisotopic (exact) mass is 404 g/mol. The van der Waals surface area contributed by atoms with Gasteiger partial charge in [-0.25, -0.2) is 0 Å². The molecule has 30 heavy (non-hydrogen) atoms. The third-order valence-corrected chi connectivity index (χ3v) is 4.94. The quantitative estimate of drug-likeness (QED) is 0.735. The molecule has 6 nitrogen and oxygen atoms in total. The molecule has 0 spiro atoms. The lowest BCUT2D eigenvalue weighted by Crippen LogP contribution is -2.31. The summed E-state index contributed by atoms with van der Waals surface area (Å²) in [6.07, 6.45) is 0.884. The van der Waals surface area contributed by atoms with Crippen molar-refractivity contribution in [2.24, 2.45) is 5.92 Å². The van der Waals surface area contributed by atoms with Crippen LogP contribution in [0.5, 0.6) is 5.75 Å². The van der Waals surface area contributed by atoms with E-state index in [2.05, 4.69) is 0 Å². The van der Waals surface area contributed by atoms with Crippen LogP contribution in [-0.2, 0) is 9.59 Å². The van der Waals surface area contributed by atoms with E-state index in [0.29, 0.717) is 29.2 Å². The molecular formula is C24H24N2O4. The van der Waals surface area contributed by atoms with Gasteiger partial charge in [0.15, 0.2) is 11.5 Å². The highest BCUT2D eigenvalue weighted by molar-refractivity contribution is 6.16. The van der Waals surface area contributed by atoms with Crippen molar-refractivity contribution >= 4 is 17.4 Å². The number of aliphatic hydroxyl groups excluding tert-OH is 1. The summed E-state index contributed by atoms with van der Waals surface area (Å²) in [6, 6.07) is 14.9. The maximum atomic E-state index is 13.0. The predicted octanol–water partition coefficient (Wildman–Crippen LogP) is 4.47. The number of hydrogen-bond donors (Lipinski definition) is 1. The van der Waals surface area contributed by atoms with Gasteiger partial charge in [-0.3, -0.25) is 14.5 Å². The second-order valence-electron chi connectivity index (χ2n) is 7.44. The molecule has 1 atom stereocenters. The van der Waals surface area contributed by atoms with Gasteiger partial charge in [-0.05, 0) is 48.4 Å². The molecule has 1 heterocycles. The number of carbonyl (C=O) groups is 2. The number of rotatable bonds is 7. The van der Waals surface area contributed by atoms with Gasteiger partial charge in [0.1, 0.15) is 5.75 Å². The molecule has 0 fully saturated rings. The second kappa shape index (κ2) is 8.83. The minimum absolute atomic E-state index is 0.0848. The zero-order chi connectivity index (χ0) is 21.8. The van der Waals surface area contributed by atoms with Crippen molar-refractivity contribution in [3.8, 4) is 11.8 Å². The topological polar surface area (TPSA) is 90.6 Å². The zero-order valence-corrected chi connectivity index (χ0v) is 17.3. The Hall–Kier alpha value is -3.59. The Kier molecular flexibility index (Phi) is 6.22. The first kappa shape index (κ1) is 21.1. The van der Waals surface area contributed by atoms with Gasteiger partial charge in [0.05, 0.1) is 29.9 Å². The van der Waals surface area contributed by atoms with E-state index in [1.807, 2.05) is 13.0 Å². The standard InChI is InChI=1S/C24H24N2O4/c1-4-13-30-19-11-7-17(8-12-19)21-20(22(27)15(2)3)23(28)24(29)26(21)18-9-5-16(14-25)6-10-18/h5-12,15,21,28H,4,13H2,1-3H3. The average molecular weight is 404 g/mol. The number of anilines is 1. The van der Waals surface area contributed by atoms with Crippen molar-refractivity contribution in [2.75, 3.05) is 11.5 Å². The molecule has 1 aliphatic heterocycles. The normalized spacial score (nSPS) is 16.2. The van der Waals surface area contributed by atoms with Crippen molar-refractivity contribution in [1.29, 1.82) is 5.26 Å². The number of hydrogen-bond acceptors (Lipinski definition) is 5. The third-order valence-electron chi connectivity index (χ3n) is 4.94. The van der Waals surface area contributed by atoms with E-state index in [1.165, 1.54) is 4.90 Å². The van der Waals surface area contributed by atoms with Crippen LogP contribution in [-0.4, -0.2) is 23.4 Å². The fraction of sp³-hybridized carbons (Fsp3) is 0.292. The van der Waals surface area contributed by atoms with E-state index >= 15 is 0 Å². The zero-order valence-electron chi connectivity index (χ0n) is 17.3. The molecule has 2 aromatic rings. The summed E-state index contributed by atoms with van der Waals surface area (Å²) in [5.74, 6) is -1.15. The summed E-state index contributed by atoms with van der Waals surface area (Å²) in [4.78, 5) is 27.3. The summed E-state index contributed by atoms with van der Waals surface area (Å²) in [5, 5.41) is 19.6. The van der Waals surface area contributed by atoms with Crippen LogP contribution in [0.25, 0.3) is 0 Å². The Bertz CT molecular complexity index is 1010. The molecule has 6 heteroatoms. The highest BCUT2D eigenvalue weighted by Gasteiger charge is 2.44. The van der Waals surface area contributed by atoms with Crippen LogP contribution in [0.3, 0.4) is 0 Å². The number of ether oxygens (including phenoxy) is 1. The van der Waals surface area contributed by atoms with E-state index < -0.39 is 17.7 Å². The molecule has 0 bridgehead atoms. The molecule has 1 N–H and O–H groups in total. The van der Waals surface area contributed by atoms with E-state index in [0.717, 1.165) is 6.42 Å². The first-order valence-electron chi connectivity index (χ1n) is 9.92. The van der Waals surface area contributed by atoms with Crippen LogP contribution >= 0.6 is 0 Å².